The van der Waals surface area contributed by atoms with Crippen molar-refractivity contribution in [1.82, 2.24) is 0 Å². The van der Waals surface area contributed by atoms with E-state index in [1.165, 1.54) is 19.3 Å². The fourth-order valence-corrected chi connectivity index (χ4v) is 4.46. The molecule has 1 aliphatic carbocycles. The minimum Gasteiger partial charge on any atom is -0.462 e. The molecule has 6 heteroatoms. The van der Waals surface area contributed by atoms with Crippen LogP contribution in [-0.2, 0) is 14.3 Å². The summed E-state index contributed by atoms with van der Waals surface area (Å²) in [4.78, 5) is 25.2. The molecule has 0 heterocycles. The topological polar surface area (TPSA) is 105 Å². The van der Waals surface area contributed by atoms with Crippen molar-refractivity contribution in [2.75, 3.05) is 18.1 Å². The predicted molar refractivity (Wildman–Crippen MR) is 137 cm³/mol. The van der Waals surface area contributed by atoms with E-state index >= 15 is 0 Å². The van der Waals surface area contributed by atoms with Gasteiger partial charge in [-0.25, -0.2) is 4.79 Å². The van der Waals surface area contributed by atoms with Crippen molar-refractivity contribution in [2.24, 2.45) is 11.8 Å². The third-order valence-electron chi connectivity index (χ3n) is 6.42. The van der Waals surface area contributed by atoms with Crippen LogP contribution < -0.4 is 16.2 Å². The van der Waals surface area contributed by atoms with Gasteiger partial charge in [0.1, 0.15) is 5.75 Å². The normalized spacial score (nSPS) is 18.4. The Bertz CT molecular complexity index is 1010. The Hall–Kier alpha value is -3.28. The van der Waals surface area contributed by atoms with Crippen molar-refractivity contribution < 1.29 is 19.1 Å². The number of carbonyl (C=O) groups is 2. The van der Waals surface area contributed by atoms with Gasteiger partial charge in [-0.2, -0.15) is 0 Å². The van der Waals surface area contributed by atoms with Gasteiger partial charge in [-0.1, -0.05) is 38.3 Å². The van der Waals surface area contributed by atoms with Crippen molar-refractivity contribution in [3.63, 3.8) is 0 Å². The van der Waals surface area contributed by atoms with Crippen LogP contribution in [0.25, 0.3) is 11.6 Å². The summed E-state index contributed by atoms with van der Waals surface area (Å²) in [7, 11) is 0. The van der Waals surface area contributed by atoms with Crippen LogP contribution in [0.5, 0.6) is 5.75 Å². The second-order valence-corrected chi connectivity index (χ2v) is 8.98. The van der Waals surface area contributed by atoms with E-state index in [-0.39, 0.29) is 18.5 Å². The van der Waals surface area contributed by atoms with E-state index < -0.39 is 5.97 Å². The number of esters is 2. The van der Waals surface area contributed by atoms with Gasteiger partial charge in [0.2, 0.25) is 0 Å². The summed E-state index contributed by atoms with van der Waals surface area (Å²) in [6.07, 6.45) is 9.49. The van der Waals surface area contributed by atoms with Gasteiger partial charge < -0.3 is 20.9 Å². The molecule has 0 spiro atoms. The summed E-state index contributed by atoms with van der Waals surface area (Å²) in [6, 6.07) is 12.1. The standard InChI is InChI=1S/C28H36N2O4/c1-3-5-6-19-7-11-21(12-8-19)27(31)34-23-14-9-20(10-15-23)17-25(28(32)33-4-2)24-16-13-22(29)18-26(24)30/h9-10,13-19,21H,3-8,11-12,29-30H2,1-2H3. The molecule has 34 heavy (non-hydrogen) atoms. The van der Waals surface area contributed by atoms with Gasteiger partial charge in [0, 0.05) is 16.9 Å². The van der Waals surface area contributed by atoms with Gasteiger partial charge in [-0.3, -0.25) is 4.79 Å². The van der Waals surface area contributed by atoms with E-state index in [1.54, 1.807) is 55.5 Å². The second kappa shape index (κ2) is 12.3. The molecule has 1 fully saturated rings. The van der Waals surface area contributed by atoms with E-state index in [9.17, 15) is 9.59 Å². The highest BCUT2D eigenvalue weighted by atomic mass is 16.5. The Kier molecular flexibility index (Phi) is 9.14. The summed E-state index contributed by atoms with van der Waals surface area (Å²) in [5, 5.41) is 0. The molecule has 0 radical (unpaired) electrons. The molecule has 182 valence electrons. The summed E-state index contributed by atoms with van der Waals surface area (Å²) >= 11 is 0. The van der Waals surface area contributed by atoms with Gasteiger partial charge in [-0.05, 0) is 80.5 Å². The molecule has 0 bridgehead atoms. The molecular formula is C28H36N2O4. The molecular weight excluding hydrogens is 428 g/mol. The number of benzene rings is 2. The average molecular weight is 465 g/mol. The molecule has 1 aliphatic rings. The summed E-state index contributed by atoms with van der Waals surface area (Å²) < 4.78 is 10.9. The monoisotopic (exact) mass is 464 g/mol. The minimum atomic E-state index is -0.469. The van der Waals surface area contributed by atoms with Crippen LogP contribution in [0.2, 0.25) is 0 Å². The molecule has 1 saturated carbocycles. The van der Waals surface area contributed by atoms with Gasteiger partial charge in [-0.15, -0.1) is 0 Å². The van der Waals surface area contributed by atoms with E-state index in [4.69, 9.17) is 20.9 Å². The lowest BCUT2D eigenvalue weighted by Gasteiger charge is -2.27. The zero-order chi connectivity index (χ0) is 24.5. The molecule has 0 amide bonds. The summed E-state index contributed by atoms with van der Waals surface area (Å²) in [6.45, 7) is 4.22. The molecule has 0 unspecified atom stereocenters. The van der Waals surface area contributed by atoms with E-state index in [2.05, 4.69) is 6.92 Å². The third kappa shape index (κ3) is 6.86. The van der Waals surface area contributed by atoms with E-state index in [0.29, 0.717) is 28.3 Å². The van der Waals surface area contributed by atoms with Crippen molar-refractivity contribution in [1.29, 1.82) is 0 Å². The molecule has 2 aromatic carbocycles. The maximum atomic E-state index is 12.6. The lowest BCUT2D eigenvalue weighted by Crippen LogP contribution is -2.25. The fourth-order valence-electron chi connectivity index (χ4n) is 4.46. The third-order valence-corrected chi connectivity index (χ3v) is 6.42. The van der Waals surface area contributed by atoms with Gasteiger partial charge in [0.25, 0.3) is 0 Å². The van der Waals surface area contributed by atoms with Crippen LogP contribution in [0.3, 0.4) is 0 Å². The molecule has 4 N–H and O–H groups in total. The maximum Gasteiger partial charge on any atom is 0.338 e. The summed E-state index contributed by atoms with van der Waals surface area (Å²) in [5.41, 5.74) is 14.5. The number of hydrogen-bond donors (Lipinski definition) is 2. The van der Waals surface area contributed by atoms with Crippen LogP contribution in [0, 0.1) is 11.8 Å². The Labute approximate surface area is 202 Å². The van der Waals surface area contributed by atoms with Crippen LogP contribution >= 0.6 is 0 Å². The van der Waals surface area contributed by atoms with E-state index in [0.717, 1.165) is 37.2 Å². The maximum absolute atomic E-state index is 12.6. The number of carbonyl (C=O) groups excluding carboxylic acids is 2. The smallest absolute Gasteiger partial charge is 0.338 e. The first-order valence-corrected chi connectivity index (χ1v) is 12.3. The second-order valence-electron chi connectivity index (χ2n) is 8.98. The predicted octanol–water partition coefficient (Wildman–Crippen LogP) is 5.86. The molecule has 0 aliphatic heterocycles. The first-order valence-electron chi connectivity index (χ1n) is 12.3. The number of anilines is 2. The Morgan fingerprint density at radius 1 is 1.00 bits per heavy atom. The summed E-state index contributed by atoms with van der Waals surface area (Å²) in [5.74, 6) is 0.600. The first kappa shape index (κ1) is 25.3. The highest BCUT2D eigenvalue weighted by molar-refractivity contribution is 6.23. The fraction of sp³-hybridized carbons (Fsp3) is 0.429. The van der Waals surface area contributed by atoms with Crippen LogP contribution in [0.15, 0.2) is 42.5 Å². The van der Waals surface area contributed by atoms with E-state index in [1.807, 2.05) is 0 Å². The van der Waals surface area contributed by atoms with Crippen molar-refractivity contribution in [3.8, 4) is 5.75 Å². The average Bonchev–Trinajstić information content (AvgIpc) is 2.83. The zero-order valence-corrected chi connectivity index (χ0v) is 20.2. The lowest BCUT2D eigenvalue weighted by molar-refractivity contribution is -0.140. The molecule has 6 nitrogen and oxygen atoms in total. The van der Waals surface area contributed by atoms with Crippen LogP contribution in [0.1, 0.15) is 69.9 Å². The van der Waals surface area contributed by atoms with Gasteiger partial charge in [0.05, 0.1) is 18.1 Å². The Morgan fingerprint density at radius 2 is 1.71 bits per heavy atom. The molecule has 0 aromatic heterocycles. The van der Waals surface area contributed by atoms with Crippen molar-refractivity contribution in [2.45, 2.75) is 58.8 Å². The molecule has 0 saturated heterocycles. The Morgan fingerprint density at radius 3 is 2.32 bits per heavy atom. The number of hydrogen-bond acceptors (Lipinski definition) is 6. The van der Waals surface area contributed by atoms with Gasteiger partial charge >= 0.3 is 11.9 Å². The number of ether oxygens (including phenoxy) is 2. The highest BCUT2D eigenvalue weighted by Crippen LogP contribution is 2.33. The van der Waals surface area contributed by atoms with Crippen molar-refractivity contribution in [3.05, 3.63) is 53.6 Å². The quantitative estimate of drug-likeness (QED) is 0.158. The number of nitrogens with two attached hydrogens (primary N) is 2. The number of nitrogen functional groups attached to an aromatic ring is 2. The lowest BCUT2D eigenvalue weighted by atomic mass is 9.80. The molecule has 0 atom stereocenters. The number of unbranched alkanes of at least 4 members (excludes halogenated alkanes) is 1. The highest BCUT2D eigenvalue weighted by Gasteiger charge is 2.27. The SMILES string of the molecule is CCCCC1CCC(C(=O)Oc2ccc(C=C(C(=O)OCC)c3ccc(N)cc3N)cc2)CC1. The Balaban J connectivity index is 1.68. The molecule has 3 rings (SSSR count). The van der Waals surface area contributed by atoms with Crippen LogP contribution in [0.4, 0.5) is 11.4 Å². The zero-order valence-electron chi connectivity index (χ0n) is 20.2. The van der Waals surface area contributed by atoms with Crippen LogP contribution in [-0.4, -0.2) is 18.5 Å². The largest absolute Gasteiger partial charge is 0.462 e. The minimum absolute atomic E-state index is 0.0265. The van der Waals surface area contributed by atoms with Crippen molar-refractivity contribution >= 4 is 35.0 Å². The van der Waals surface area contributed by atoms with Gasteiger partial charge in [0.15, 0.2) is 0 Å². The first-order chi connectivity index (χ1) is 16.4. The number of rotatable bonds is 9. The molecule has 2 aromatic rings.